The van der Waals surface area contributed by atoms with E-state index in [-0.39, 0.29) is 17.1 Å². The maximum atomic E-state index is 12.3. The van der Waals surface area contributed by atoms with Gasteiger partial charge in [0.15, 0.2) is 0 Å². The van der Waals surface area contributed by atoms with Gasteiger partial charge >= 0.3 is 0 Å². The SMILES string of the molecule is O=C(NN1CCCC1=O)[C@@H]1SCCc2ccccc21. The number of fused-ring (bicyclic) bond motifs is 1. The molecule has 5 heteroatoms. The Bertz CT molecular complexity index is 518. The van der Waals surface area contributed by atoms with Crippen LogP contribution in [0.25, 0.3) is 0 Å². The molecule has 0 radical (unpaired) electrons. The number of carbonyl (C=O) groups is 2. The number of nitrogens with zero attached hydrogens (tertiary/aromatic N) is 1. The lowest BCUT2D eigenvalue weighted by Gasteiger charge is -2.26. The summed E-state index contributed by atoms with van der Waals surface area (Å²) >= 11 is 1.65. The molecule has 0 unspecified atom stereocenters. The minimum atomic E-state index is -0.196. The number of aryl methyl sites for hydroxylation is 1. The van der Waals surface area contributed by atoms with Gasteiger partial charge in [0.1, 0.15) is 5.25 Å². The minimum Gasteiger partial charge on any atom is -0.273 e. The van der Waals surface area contributed by atoms with Crippen molar-refractivity contribution in [2.45, 2.75) is 24.5 Å². The average Bonchev–Trinajstić information content (AvgIpc) is 2.83. The summed E-state index contributed by atoms with van der Waals surface area (Å²) in [5.41, 5.74) is 5.09. The third kappa shape index (κ3) is 2.47. The first kappa shape index (κ1) is 12.5. The summed E-state index contributed by atoms with van der Waals surface area (Å²) in [7, 11) is 0. The monoisotopic (exact) mass is 276 g/mol. The van der Waals surface area contributed by atoms with Crippen molar-refractivity contribution in [2.24, 2.45) is 0 Å². The molecule has 0 saturated carbocycles. The third-order valence-corrected chi connectivity index (χ3v) is 4.79. The quantitative estimate of drug-likeness (QED) is 0.894. The molecular formula is C14H16N2O2S. The Labute approximate surface area is 116 Å². The zero-order valence-corrected chi connectivity index (χ0v) is 11.4. The van der Waals surface area contributed by atoms with Crippen molar-refractivity contribution in [1.82, 2.24) is 10.4 Å². The van der Waals surface area contributed by atoms with Gasteiger partial charge in [-0.05, 0) is 29.7 Å². The van der Waals surface area contributed by atoms with Gasteiger partial charge in [-0.1, -0.05) is 24.3 Å². The zero-order valence-electron chi connectivity index (χ0n) is 10.6. The van der Waals surface area contributed by atoms with Gasteiger partial charge in [-0.15, -0.1) is 11.8 Å². The second-order valence-electron chi connectivity index (χ2n) is 4.82. The van der Waals surface area contributed by atoms with Crippen molar-refractivity contribution in [3.8, 4) is 0 Å². The maximum absolute atomic E-state index is 12.3. The van der Waals surface area contributed by atoms with Gasteiger partial charge in [-0.25, -0.2) is 0 Å². The smallest absolute Gasteiger partial charge is 0.256 e. The largest absolute Gasteiger partial charge is 0.273 e. The van der Waals surface area contributed by atoms with Crippen LogP contribution in [0.15, 0.2) is 24.3 Å². The Morgan fingerprint density at radius 1 is 1.32 bits per heavy atom. The lowest BCUT2D eigenvalue weighted by Crippen LogP contribution is -2.45. The molecule has 2 aliphatic heterocycles. The number of hydrazine groups is 1. The molecule has 4 nitrogen and oxygen atoms in total. The summed E-state index contributed by atoms with van der Waals surface area (Å²) < 4.78 is 0. The molecule has 1 N–H and O–H groups in total. The Hall–Kier alpha value is -1.49. The predicted octanol–water partition coefficient (Wildman–Crippen LogP) is 1.67. The van der Waals surface area contributed by atoms with E-state index in [1.54, 1.807) is 11.8 Å². The van der Waals surface area contributed by atoms with E-state index in [4.69, 9.17) is 0 Å². The summed E-state index contributed by atoms with van der Waals surface area (Å²) in [4.78, 5) is 23.9. The van der Waals surface area contributed by atoms with Crippen LogP contribution < -0.4 is 5.43 Å². The first-order valence-corrected chi connectivity index (χ1v) is 7.61. The normalized spacial score (nSPS) is 22.2. The van der Waals surface area contributed by atoms with Crippen molar-refractivity contribution in [2.75, 3.05) is 12.3 Å². The van der Waals surface area contributed by atoms with Crippen LogP contribution in [0, 0.1) is 0 Å². The van der Waals surface area contributed by atoms with E-state index >= 15 is 0 Å². The molecule has 1 fully saturated rings. The first-order chi connectivity index (χ1) is 9.25. The van der Waals surface area contributed by atoms with Gasteiger partial charge in [-0.3, -0.25) is 20.0 Å². The van der Waals surface area contributed by atoms with Crippen LogP contribution >= 0.6 is 11.8 Å². The molecule has 0 aromatic heterocycles. The molecule has 1 aromatic carbocycles. The molecule has 1 aromatic rings. The third-order valence-electron chi connectivity index (χ3n) is 3.55. The van der Waals surface area contributed by atoms with Gasteiger partial charge in [-0.2, -0.15) is 0 Å². The molecule has 100 valence electrons. The standard InChI is InChI=1S/C14H16N2O2S/c17-12-6-3-8-16(12)15-14(18)13-11-5-2-1-4-10(11)7-9-19-13/h1-2,4-5,13H,3,6-9H2,(H,15,18)/t13-/m1/s1. The number of nitrogens with one attached hydrogen (secondary N) is 1. The van der Waals surface area contributed by atoms with E-state index in [1.165, 1.54) is 10.6 Å². The Kier molecular flexibility index (Phi) is 3.46. The second-order valence-corrected chi connectivity index (χ2v) is 6.04. The van der Waals surface area contributed by atoms with Crippen LogP contribution in [0.2, 0.25) is 0 Å². The van der Waals surface area contributed by atoms with Crippen LogP contribution in [0.4, 0.5) is 0 Å². The zero-order chi connectivity index (χ0) is 13.2. The minimum absolute atomic E-state index is 0.0162. The van der Waals surface area contributed by atoms with Crippen LogP contribution in [0.3, 0.4) is 0 Å². The van der Waals surface area contributed by atoms with Crippen LogP contribution in [0.5, 0.6) is 0 Å². The second kappa shape index (κ2) is 5.25. The number of thioether (sulfide) groups is 1. The molecule has 1 atom stereocenters. The van der Waals surface area contributed by atoms with E-state index in [2.05, 4.69) is 11.5 Å². The fourth-order valence-corrected chi connectivity index (χ4v) is 3.76. The van der Waals surface area contributed by atoms with Crippen LogP contribution in [-0.2, 0) is 16.0 Å². The highest BCUT2D eigenvalue weighted by Gasteiger charge is 2.30. The number of amides is 2. The van der Waals surface area contributed by atoms with E-state index in [9.17, 15) is 9.59 Å². The highest BCUT2D eigenvalue weighted by molar-refractivity contribution is 8.00. The number of benzene rings is 1. The molecule has 0 aliphatic carbocycles. The first-order valence-electron chi connectivity index (χ1n) is 6.56. The highest BCUT2D eigenvalue weighted by Crippen LogP contribution is 2.36. The maximum Gasteiger partial charge on any atom is 0.256 e. The molecular weight excluding hydrogens is 260 g/mol. The number of carbonyl (C=O) groups excluding carboxylic acids is 2. The molecule has 2 heterocycles. The van der Waals surface area contributed by atoms with E-state index in [0.717, 1.165) is 24.2 Å². The predicted molar refractivity (Wildman–Crippen MR) is 74.4 cm³/mol. The van der Waals surface area contributed by atoms with Gasteiger partial charge in [0.2, 0.25) is 5.91 Å². The topological polar surface area (TPSA) is 49.4 Å². The Morgan fingerprint density at radius 2 is 2.16 bits per heavy atom. The van der Waals surface area contributed by atoms with Crippen molar-refractivity contribution in [3.63, 3.8) is 0 Å². The van der Waals surface area contributed by atoms with Gasteiger partial charge in [0.05, 0.1) is 0 Å². The summed E-state index contributed by atoms with van der Waals surface area (Å²) in [6.45, 7) is 0.629. The summed E-state index contributed by atoms with van der Waals surface area (Å²) in [6, 6.07) is 8.06. The number of hydrogen-bond acceptors (Lipinski definition) is 3. The van der Waals surface area contributed by atoms with Crippen molar-refractivity contribution < 1.29 is 9.59 Å². The van der Waals surface area contributed by atoms with Crippen molar-refractivity contribution in [1.29, 1.82) is 0 Å². The van der Waals surface area contributed by atoms with Gasteiger partial charge in [0, 0.05) is 13.0 Å². The molecule has 0 bridgehead atoms. The molecule has 2 aliphatic rings. The van der Waals surface area contributed by atoms with Gasteiger partial charge in [0.25, 0.3) is 5.91 Å². The number of rotatable bonds is 2. The van der Waals surface area contributed by atoms with Crippen molar-refractivity contribution in [3.05, 3.63) is 35.4 Å². The molecule has 19 heavy (non-hydrogen) atoms. The molecule has 0 spiro atoms. The summed E-state index contributed by atoms with van der Waals surface area (Å²) in [6.07, 6.45) is 2.37. The molecule has 2 amide bonds. The van der Waals surface area contributed by atoms with Crippen molar-refractivity contribution >= 4 is 23.6 Å². The lowest BCUT2D eigenvalue weighted by atomic mass is 10.0. The van der Waals surface area contributed by atoms with E-state index in [0.29, 0.717) is 13.0 Å². The lowest BCUT2D eigenvalue weighted by molar-refractivity contribution is -0.137. The Morgan fingerprint density at radius 3 is 2.95 bits per heavy atom. The summed E-state index contributed by atoms with van der Waals surface area (Å²) in [5.74, 6) is 0.887. The van der Waals surface area contributed by atoms with Crippen LogP contribution in [-0.4, -0.2) is 29.1 Å². The molecule has 1 saturated heterocycles. The van der Waals surface area contributed by atoms with Crippen LogP contribution in [0.1, 0.15) is 29.2 Å². The molecule has 3 rings (SSSR count). The highest BCUT2D eigenvalue weighted by atomic mass is 32.2. The van der Waals surface area contributed by atoms with Gasteiger partial charge < -0.3 is 0 Å². The average molecular weight is 276 g/mol. The number of hydrogen-bond donors (Lipinski definition) is 1. The fourth-order valence-electron chi connectivity index (χ4n) is 2.57. The summed E-state index contributed by atoms with van der Waals surface area (Å²) in [5, 5.41) is 1.26. The Balaban J connectivity index is 1.76. The van der Waals surface area contributed by atoms with E-state index < -0.39 is 0 Å². The van der Waals surface area contributed by atoms with E-state index in [1.807, 2.05) is 18.2 Å². The fraction of sp³-hybridized carbons (Fsp3) is 0.429.